The van der Waals surface area contributed by atoms with E-state index in [2.05, 4.69) is 124 Å². The predicted octanol–water partition coefficient (Wildman–Crippen LogP) is 21.8. The van der Waals surface area contributed by atoms with E-state index in [0.717, 1.165) is 116 Å². The average molecular weight is 1060 g/mol. The fraction of sp³-hybridized carbons (Fsp3) is 0.700. The maximum absolute atomic E-state index is 12.9. The van der Waals surface area contributed by atoms with Gasteiger partial charge in [0.25, 0.3) is 0 Å². The summed E-state index contributed by atoms with van der Waals surface area (Å²) in [5.41, 5.74) is 0. The van der Waals surface area contributed by atoms with Crippen molar-refractivity contribution in [2.45, 2.75) is 303 Å². The van der Waals surface area contributed by atoms with Crippen molar-refractivity contribution in [1.82, 2.24) is 0 Å². The number of hydrogen-bond donors (Lipinski definition) is 0. The first kappa shape index (κ1) is 72.1. The molecule has 0 aliphatic rings. The molecule has 0 fully saturated rings. The van der Waals surface area contributed by atoms with Crippen molar-refractivity contribution >= 4 is 17.9 Å². The number of esters is 3. The van der Waals surface area contributed by atoms with Crippen LogP contribution < -0.4 is 0 Å². The van der Waals surface area contributed by atoms with Crippen LogP contribution >= 0.6 is 0 Å². The van der Waals surface area contributed by atoms with E-state index in [1.54, 1.807) is 0 Å². The van der Waals surface area contributed by atoms with Crippen molar-refractivity contribution in [3.05, 3.63) is 109 Å². The largest absolute Gasteiger partial charge is 0.462 e. The first-order valence-electron chi connectivity index (χ1n) is 31.9. The van der Waals surface area contributed by atoms with Crippen molar-refractivity contribution in [2.75, 3.05) is 13.2 Å². The van der Waals surface area contributed by atoms with Gasteiger partial charge in [-0.15, -0.1) is 0 Å². The molecule has 434 valence electrons. The quantitative estimate of drug-likeness (QED) is 0.0261. The van der Waals surface area contributed by atoms with E-state index in [9.17, 15) is 14.4 Å². The van der Waals surface area contributed by atoms with Crippen LogP contribution in [-0.4, -0.2) is 37.2 Å². The highest BCUT2D eigenvalue weighted by atomic mass is 16.6. The second-order valence-corrected chi connectivity index (χ2v) is 20.9. The van der Waals surface area contributed by atoms with Crippen molar-refractivity contribution in [2.24, 2.45) is 0 Å². The van der Waals surface area contributed by atoms with Gasteiger partial charge >= 0.3 is 17.9 Å². The standard InChI is InChI=1S/C70H118O6/c1-4-7-10-13-16-19-22-25-28-30-32-33-34-35-36-38-39-42-45-48-51-54-57-60-63-69(72)75-66-67(65-74-68(71)62-59-56-53-50-47-44-41-27-24-21-18-15-12-9-6-3)76-70(73)64-61-58-55-52-49-46-43-40-37-31-29-26-23-20-17-14-11-8-5-2/h8-9,11-12,17-18,20-21,26-27,29,37,40-41,46,49,55,58,67H,4-7,10,13-16,19,22-25,28,30-36,38-39,42-45,47-48,50-54,56-57,59-66H2,1-3H3/b11-8-,12-9-,20-17-,21-18-,29-26-,40-37-,41-27-,49-46-,58-55-. The van der Waals surface area contributed by atoms with Gasteiger partial charge in [0.1, 0.15) is 13.2 Å². The van der Waals surface area contributed by atoms with Gasteiger partial charge in [0.15, 0.2) is 6.10 Å². The van der Waals surface area contributed by atoms with Gasteiger partial charge < -0.3 is 14.2 Å². The highest BCUT2D eigenvalue weighted by Crippen LogP contribution is 2.17. The summed E-state index contributed by atoms with van der Waals surface area (Å²) < 4.78 is 16.8. The van der Waals surface area contributed by atoms with Gasteiger partial charge in [-0.2, -0.15) is 0 Å². The molecule has 0 radical (unpaired) electrons. The van der Waals surface area contributed by atoms with Crippen molar-refractivity contribution in [3.63, 3.8) is 0 Å². The number of hydrogen-bond acceptors (Lipinski definition) is 6. The highest BCUT2D eigenvalue weighted by Gasteiger charge is 2.19. The zero-order chi connectivity index (χ0) is 55.0. The monoisotopic (exact) mass is 1050 g/mol. The van der Waals surface area contributed by atoms with E-state index in [-0.39, 0.29) is 31.6 Å². The zero-order valence-corrected chi connectivity index (χ0v) is 49.7. The van der Waals surface area contributed by atoms with E-state index in [1.807, 2.05) is 6.08 Å². The Kier molecular flexibility index (Phi) is 60.3. The molecule has 0 aromatic heterocycles. The molecule has 76 heavy (non-hydrogen) atoms. The number of unbranched alkanes of at least 4 members (excludes halogenated alkanes) is 28. The molecular formula is C70H118O6. The maximum atomic E-state index is 12.9. The maximum Gasteiger partial charge on any atom is 0.306 e. The third kappa shape index (κ3) is 60.9. The van der Waals surface area contributed by atoms with Gasteiger partial charge in [0, 0.05) is 19.3 Å². The molecular weight excluding hydrogens is 937 g/mol. The Morgan fingerprint density at radius 2 is 0.539 bits per heavy atom. The highest BCUT2D eigenvalue weighted by molar-refractivity contribution is 5.71. The van der Waals surface area contributed by atoms with E-state index in [4.69, 9.17) is 14.2 Å². The first-order valence-corrected chi connectivity index (χ1v) is 31.9. The van der Waals surface area contributed by atoms with Crippen LogP contribution in [0.1, 0.15) is 297 Å². The molecule has 0 heterocycles. The lowest BCUT2D eigenvalue weighted by Crippen LogP contribution is -2.30. The predicted molar refractivity (Wildman–Crippen MR) is 330 cm³/mol. The van der Waals surface area contributed by atoms with Crippen LogP contribution in [0.15, 0.2) is 109 Å². The molecule has 0 bridgehead atoms. The summed E-state index contributed by atoms with van der Waals surface area (Å²) in [4.78, 5) is 38.3. The summed E-state index contributed by atoms with van der Waals surface area (Å²) in [6.07, 6.45) is 86.9. The number of rotatable bonds is 57. The molecule has 0 amide bonds. The van der Waals surface area contributed by atoms with Crippen LogP contribution in [0.5, 0.6) is 0 Å². The summed E-state index contributed by atoms with van der Waals surface area (Å²) in [7, 11) is 0. The molecule has 6 heteroatoms. The smallest absolute Gasteiger partial charge is 0.306 e. The summed E-state index contributed by atoms with van der Waals surface area (Å²) in [5, 5.41) is 0. The van der Waals surface area contributed by atoms with Crippen LogP contribution in [0.3, 0.4) is 0 Å². The SMILES string of the molecule is CC/C=C\C/C=C\C/C=C\C/C=C\C/C=C\C/C=C\CCC(=O)OC(COC(=O)CCCCCCC/C=C\C/C=C\C/C=C\CC)COC(=O)CCCCCCCCCCCCCCCCCCCCCCCCCC. The molecule has 1 unspecified atom stereocenters. The Balaban J connectivity index is 4.42. The number of carbonyl (C=O) groups is 3. The molecule has 0 aliphatic carbocycles. The summed E-state index contributed by atoms with van der Waals surface area (Å²) in [6.45, 7) is 6.37. The summed E-state index contributed by atoms with van der Waals surface area (Å²) in [5.74, 6) is -1.01. The molecule has 0 rings (SSSR count). The van der Waals surface area contributed by atoms with E-state index in [0.29, 0.717) is 19.3 Å². The molecule has 0 aromatic carbocycles. The average Bonchev–Trinajstić information content (AvgIpc) is 3.42. The Labute approximate surface area is 470 Å². The lowest BCUT2D eigenvalue weighted by Gasteiger charge is -2.18. The van der Waals surface area contributed by atoms with Crippen LogP contribution in [0.2, 0.25) is 0 Å². The minimum Gasteiger partial charge on any atom is -0.462 e. The molecule has 0 aromatic rings. The fourth-order valence-corrected chi connectivity index (χ4v) is 8.84. The van der Waals surface area contributed by atoms with Crippen LogP contribution in [-0.2, 0) is 28.6 Å². The van der Waals surface area contributed by atoms with Gasteiger partial charge in [-0.3, -0.25) is 14.4 Å². The van der Waals surface area contributed by atoms with Gasteiger partial charge in [-0.25, -0.2) is 0 Å². The Morgan fingerprint density at radius 1 is 0.276 bits per heavy atom. The lowest BCUT2D eigenvalue weighted by atomic mass is 10.0. The van der Waals surface area contributed by atoms with Crippen molar-refractivity contribution in [1.29, 1.82) is 0 Å². The second kappa shape index (κ2) is 63.6. The van der Waals surface area contributed by atoms with E-state index < -0.39 is 12.1 Å². The first-order chi connectivity index (χ1) is 37.5. The molecule has 0 saturated carbocycles. The van der Waals surface area contributed by atoms with Crippen molar-refractivity contribution < 1.29 is 28.6 Å². The van der Waals surface area contributed by atoms with Gasteiger partial charge in [-0.1, -0.05) is 297 Å². The summed E-state index contributed by atoms with van der Waals surface area (Å²) in [6, 6.07) is 0. The normalized spacial score (nSPS) is 12.8. The van der Waals surface area contributed by atoms with E-state index in [1.165, 1.54) is 135 Å². The minimum atomic E-state index is -0.827. The van der Waals surface area contributed by atoms with Crippen LogP contribution in [0, 0.1) is 0 Å². The molecule has 0 aliphatic heterocycles. The second-order valence-electron chi connectivity index (χ2n) is 20.9. The van der Waals surface area contributed by atoms with Crippen LogP contribution in [0.25, 0.3) is 0 Å². The zero-order valence-electron chi connectivity index (χ0n) is 49.7. The lowest BCUT2D eigenvalue weighted by molar-refractivity contribution is -0.166. The summed E-state index contributed by atoms with van der Waals surface area (Å²) >= 11 is 0. The van der Waals surface area contributed by atoms with E-state index >= 15 is 0 Å². The van der Waals surface area contributed by atoms with Gasteiger partial charge in [0.2, 0.25) is 0 Å². The molecule has 0 saturated heterocycles. The van der Waals surface area contributed by atoms with Crippen LogP contribution in [0.4, 0.5) is 0 Å². The molecule has 1 atom stereocenters. The Bertz CT molecular complexity index is 1540. The molecule has 0 N–H and O–H groups in total. The molecule has 0 spiro atoms. The Hall–Kier alpha value is -3.93. The minimum absolute atomic E-state index is 0.113. The third-order valence-corrected chi connectivity index (χ3v) is 13.5. The van der Waals surface area contributed by atoms with Gasteiger partial charge in [0.05, 0.1) is 0 Å². The number of ether oxygens (including phenoxy) is 3. The Morgan fingerprint density at radius 3 is 0.855 bits per heavy atom. The van der Waals surface area contributed by atoms with Gasteiger partial charge in [-0.05, 0) is 89.9 Å². The third-order valence-electron chi connectivity index (χ3n) is 13.5. The number of carbonyl (C=O) groups excluding carboxylic acids is 3. The van der Waals surface area contributed by atoms with Crippen molar-refractivity contribution in [3.8, 4) is 0 Å². The fourth-order valence-electron chi connectivity index (χ4n) is 8.84. The topological polar surface area (TPSA) is 78.9 Å². The number of allylic oxidation sites excluding steroid dienone is 18. The molecule has 6 nitrogen and oxygen atoms in total.